The Balaban J connectivity index is 1.65. The molecular formula is C23H29N9O2. The highest BCUT2D eigenvalue weighted by Gasteiger charge is 2.36. The number of aromatic amines is 1. The van der Waals surface area contributed by atoms with Gasteiger partial charge in [0.2, 0.25) is 17.7 Å². The zero-order valence-corrected chi connectivity index (χ0v) is 19.8. The standard InChI is InChI=1S/C23H29N9O2/c1-7-19(33)32(6)16-8-17(9-16)34-22-20-18(15-10-26-31(5)13-15)11-25-21(20)28-23(29-22)27-14(2)12-30(4)24-3/h7,10-13,16-17H,1,3,8-9H2,2,4-6H3,(H2,25,27,28,29)/b14-12+. The number of carbonyl (C=O) groups is 1. The number of likely N-dealkylation sites (N-methyl/N-ethyl adjacent to an activating group) is 1. The fourth-order valence-electron chi connectivity index (χ4n) is 3.89. The molecule has 4 rings (SSSR count). The lowest BCUT2D eigenvalue weighted by Crippen LogP contribution is -2.49. The molecular weight excluding hydrogens is 434 g/mol. The van der Waals surface area contributed by atoms with Gasteiger partial charge in [0, 0.05) is 82.2 Å². The quantitative estimate of drug-likeness (QED) is 0.285. The number of aromatic nitrogens is 5. The van der Waals surface area contributed by atoms with E-state index < -0.39 is 0 Å². The molecule has 0 bridgehead atoms. The molecule has 1 aliphatic carbocycles. The Morgan fingerprint density at radius 3 is 2.79 bits per heavy atom. The number of rotatable bonds is 9. The molecule has 3 aromatic heterocycles. The topological polar surface area (TPSA) is 117 Å². The van der Waals surface area contributed by atoms with Crippen LogP contribution in [0.3, 0.4) is 0 Å². The van der Waals surface area contributed by atoms with Gasteiger partial charge < -0.3 is 19.9 Å². The van der Waals surface area contributed by atoms with Crippen LogP contribution in [0.25, 0.3) is 22.2 Å². The predicted octanol–water partition coefficient (Wildman–Crippen LogP) is 2.73. The summed E-state index contributed by atoms with van der Waals surface area (Å²) in [5.41, 5.74) is 3.26. The summed E-state index contributed by atoms with van der Waals surface area (Å²) in [7, 11) is 5.43. The maximum Gasteiger partial charge on any atom is 0.245 e. The number of H-pyrrole nitrogens is 1. The highest BCUT2D eigenvalue weighted by Crippen LogP contribution is 2.37. The molecule has 0 atom stereocenters. The lowest BCUT2D eigenvalue weighted by Gasteiger charge is -2.40. The third kappa shape index (κ3) is 4.63. The Bertz CT molecular complexity index is 1250. The van der Waals surface area contributed by atoms with Crippen molar-refractivity contribution in [2.45, 2.75) is 31.9 Å². The van der Waals surface area contributed by atoms with E-state index in [0.29, 0.717) is 30.3 Å². The lowest BCUT2D eigenvalue weighted by molar-refractivity contribution is -0.130. The van der Waals surface area contributed by atoms with E-state index in [1.165, 1.54) is 6.08 Å². The normalized spacial score (nSPS) is 17.7. The van der Waals surface area contributed by atoms with Crippen LogP contribution < -0.4 is 10.1 Å². The summed E-state index contributed by atoms with van der Waals surface area (Å²) in [6, 6.07) is 0.113. The zero-order valence-electron chi connectivity index (χ0n) is 19.8. The monoisotopic (exact) mass is 463 g/mol. The van der Waals surface area contributed by atoms with E-state index in [4.69, 9.17) is 4.74 Å². The minimum Gasteiger partial charge on any atom is -0.474 e. The van der Waals surface area contributed by atoms with E-state index in [1.54, 1.807) is 41.1 Å². The predicted molar refractivity (Wildman–Crippen MR) is 131 cm³/mol. The highest BCUT2D eigenvalue weighted by atomic mass is 16.5. The smallest absolute Gasteiger partial charge is 0.245 e. The Hall–Kier alpha value is -4.15. The molecule has 0 unspecified atom stereocenters. The summed E-state index contributed by atoms with van der Waals surface area (Å²) in [5.74, 6) is 0.769. The second-order valence-electron chi connectivity index (χ2n) is 8.35. The van der Waals surface area contributed by atoms with Crippen LogP contribution in [-0.2, 0) is 11.8 Å². The van der Waals surface area contributed by atoms with Crippen molar-refractivity contribution < 1.29 is 9.53 Å². The number of hydrogen-bond acceptors (Lipinski definition) is 8. The van der Waals surface area contributed by atoms with E-state index in [0.717, 1.165) is 22.2 Å². The number of ether oxygens (including phenoxy) is 1. The van der Waals surface area contributed by atoms with Gasteiger partial charge in [-0.25, -0.2) is 0 Å². The van der Waals surface area contributed by atoms with E-state index in [2.05, 4.69) is 43.8 Å². The third-order valence-corrected chi connectivity index (χ3v) is 5.84. The number of nitrogens with zero attached hydrogens (tertiary/aromatic N) is 7. The van der Waals surface area contributed by atoms with Gasteiger partial charge in [0.05, 0.1) is 11.6 Å². The molecule has 0 radical (unpaired) electrons. The van der Waals surface area contributed by atoms with Crippen LogP contribution in [0, 0.1) is 0 Å². The molecule has 11 heteroatoms. The van der Waals surface area contributed by atoms with Crippen molar-refractivity contribution in [3.05, 3.63) is 43.1 Å². The average molecular weight is 464 g/mol. The summed E-state index contributed by atoms with van der Waals surface area (Å²) in [6.07, 6.45) is 10.1. The molecule has 0 aliphatic heterocycles. The molecule has 34 heavy (non-hydrogen) atoms. The fraction of sp³-hybridized carbons (Fsp3) is 0.348. The summed E-state index contributed by atoms with van der Waals surface area (Å²) >= 11 is 0. The molecule has 2 N–H and O–H groups in total. The number of anilines is 1. The van der Waals surface area contributed by atoms with Crippen LogP contribution in [0.15, 0.2) is 48.2 Å². The van der Waals surface area contributed by atoms with Gasteiger partial charge in [-0.3, -0.25) is 14.5 Å². The van der Waals surface area contributed by atoms with Crippen LogP contribution in [0.1, 0.15) is 19.8 Å². The van der Waals surface area contributed by atoms with Crippen LogP contribution in [0.4, 0.5) is 5.95 Å². The molecule has 0 spiro atoms. The fourth-order valence-corrected chi connectivity index (χ4v) is 3.89. The summed E-state index contributed by atoms with van der Waals surface area (Å²) < 4.78 is 8.09. The third-order valence-electron chi connectivity index (χ3n) is 5.84. The van der Waals surface area contributed by atoms with Crippen LogP contribution in [0.5, 0.6) is 5.88 Å². The van der Waals surface area contributed by atoms with Crippen LogP contribution >= 0.6 is 0 Å². The Morgan fingerprint density at radius 2 is 2.15 bits per heavy atom. The second kappa shape index (κ2) is 9.38. The Labute approximate surface area is 197 Å². The number of fused-ring (bicyclic) bond motifs is 1. The number of hydrogen-bond donors (Lipinski definition) is 2. The van der Waals surface area contributed by atoms with E-state index in [1.807, 2.05) is 26.4 Å². The number of nitrogens with one attached hydrogen (secondary N) is 2. The first-order chi connectivity index (χ1) is 16.3. The zero-order chi connectivity index (χ0) is 24.4. The summed E-state index contributed by atoms with van der Waals surface area (Å²) in [4.78, 5) is 26.2. The first kappa shape index (κ1) is 23.0. The van der Waals surface area contributed by atoms with Gasteiger partial charge in [-0.05, 0) is 13.0 Å². The largest absolute Gasteiger partial charge is 0.474 e. The van der Waals surface area contributed by atoms with Crippen LogP contribution in [0.2, 0.25) is 0 Å². The molecule has 1 amide bonds. The molecule has 3 heterocycles. The van der Waals surface area contributed by atoms with Crippen molar-refractivity contribution in [3.8, 4) is 17.0 Å². The van der Waals surface area contributed by atoms with E-state index in [-0.39, 0.29) is 18.1 Å². The van der Waals surface area contributed by atoms with Crippen molar-refractivity contribution in [1.29, 1.82) is 0 Å². The second-order valence-corrected chi connectivity index (χ2v) is 8.35. The number of carbonyl (C=O) groups excluding carboxylic acids is 1. The average Bonchev–Trinajstić information content (AvgIpc) is 3.40. The Morgan fingerprint density at radius 1 is 1.38 bits per heavy atom. The lowest BCUT2D eigenvalue weighted by atomic mass is 9.88. The molecule has 3 aromatic rings. The number of hydrazone groups is 1. The number of aryl methyl sites for hydroxylation is 1. The summed E-state index contributed by atoms with van der Waals surface area (Å²) in [6.45, 7) is 8.95. The van der Waals surface area contributed by atoms with Gasteiger partial charge in [-0.15, -0.1) is 0 Å². The van der Waals surface area contributed by atoms with Gasteiger partial charge in [-0.1, -0.05) is 6.58 Å². The molecule has 0 saturated heterocycles. The van der Waals surface area contributed by atoms with Crippen molar-refractivity contribution in [2.75, 3.05) is 19.4 Å². The molecule has 1 aliphatic rings. The molecule has 178 valence electrons. The SMILES string of the molecule is C=CC(=O)N(C)C1CC(Oc2nc(N/C(C)=C/N(C)N=C)nc3[nH]cc(-c4cnn(C)c4)c23)C1. The van der Waals surface area contributed by atoms with Gasteiger partial charge in [0.15, 0.2) is 0 Å². The highest BCUT2D eigenvalue weighted by molar-refractivity contribution is 5.97. The first-order valence-corrected chi connectivity index (χ1v) is 10.9. The van der Waals surface area contributed by atoms with Gasteiger partial charge in [0.25, 0.3) is 0 Å². The molecule has 11 nitrogen and oxygen atoms in total. The van der Waals surface area contributed by atoms with Crippen molar-refractivity contribution in [2.24, 2.45) is 12.1 Å². The number of allylic oxidation sites excluding steroid dienone is 1. The minimum absolute atomic E-state index is 0.0691. The molecule has 1 saturated carbocycles. The maximum atomic E-state index is 11.9. The minimum atomic E-state index is -0.0925. The Kier molecular flexibility index (Phi) is 6.35. The van der Waals surface area contributed by atoms with Crippen molar-refractivity contribution in [3.63, 3.8) is 0 Å². The van der Waals surface area contributed by atoms with Crippen molar-refractivity contribution >= 4 is 29.6 Å². The first-order valence-electron chi connectivity index (χ1n) is 10.9. The van der Waals surface area contributed by atoms with Gasteiger partial charge in [0.1, 0.15) is 11.8 Å². The van der Waals surface area contributed by atoms with E-state index >= 15 is 0 Å². The number of amides is 1. The van der Waals surface area contributed by atoms with Crippen LogP contribution in [-0.4, -0.2) is 73.5 Å². The maximum absolute atomic E-state index is 11.9. The van der Waals surface area contributed by atoms with Gasteiger partial charge >= 0.3 is 0 Å². The van der Waals surface area contributed by atoms with E-state index in [9.17, 15) is 4.79 Å². The molecule has 0 aromatic carbocycles. The summed E-state index contributed by atoms with van der Waals surface area (Å²) in [5, 5.41) is 13.7. The molecule has 1 fully saturated rings. The van der Waals surface area contributed by atoms with Crippen molar-refractivity contribution in [1.82, 2.24) is 34.6 Å². The van der Waals surface area contributed by atoms with Gasteiger partial charge in [-0.2, -0.15) is 20.2 Å².